The van der Waals surface area contributed by atoms with E-state index in [-0.39, 0.29) is 27.3 Å². The quantitative estimate of drug-likeness (QED) is 0.292. The van der Waals surface area contributed by atoms with Crippen molar-refractivity contribution in [3.8, 4) is 22.9 Å². The van der Waals surface area contributed by atoms with Crippen molar-refractivity contribution in [3.63, 3.8) is 0 Å². The molecule has 0 aliphatic heterocycles. The lowest BCUT2D eigenvalue weighted by atomic mass is 9.99. The monoisotopic (exact) mass is 566 g/mol. The van der Waals surface area contributed by atoms with Crippen LogP contribution < -0.4 is 10.1 Å². The van der Waals surface area contributed by atoms with Gasteiger partial charge in [-0.25, -0.2) is 8.78 Å². The first-order chi connectivity index (χ1) is 18.8. The van der Waals surface area contributed by atoms with Crippen molar-refractivity contribution in [1.82, 2.24) is 20.2 Å². The number of fused-ring (bicyclic) bond motifs is 1. The number of hydrogen-bond acceptors (Lipinski definition) is 10. The second-order valence-corrected chi connectivity index (χ2v) is 11.1. The number of anilines is 1. The minimum absolute atomic E-state index is 0.129. The van der Waals surface area contributed by atoms with E-state index in [4.69, 9.17) is 10.00 Å². The molecule has 1 aliphatic carbocycles. The van der Waals surface area contributed by atoms with Gasteiger partial charge in [-0.05, 0) is 48.7 Å². The van der Waals surface area contributed by atoms with Crippen molar-refractivity contribution >= 4 is 34.1 Å². The highest BCUT2D eigenvalue weighted by molar-refractivity contribution is 8.01. The Bertz CT molecular complexity index is 1610. The van der Waals surface area contributed by atoms with Crippen molar-refractivity contribution in [2.75, 3.05) is 12.4 Å². The number of ether oxygens (including phenoxy) is 1. The number of nitrogens with zero attached hydrogens (tertiary/aromatic N) is 5. The van der Waals surface area contributed by atoms with E-state index < -0.39 is 24.1 Å². The fourth-order valence-electron chi connectivity index (χ4n) is 4.28. The van der Waals surface area contributed by atoms with E-state index in [1.165, 1.54) is 37.3 Å². The van der Waals surface area contributed by atoms with Gasteiger partial charge in [0.1, 0.15) is 11.4 Å². The molecule has 2 atom stereocenters. The molecule has 2 N–H and O–H groups in total. The fourth-order valence-corrected chi connectivity index (χ4v) is 6.44. The molecule has 3 aromatic heterocycles. The number of hydrogen-bond donors (Lipinski definition) is 2. The number of aromatic nitrogens is 4. The lowest BCUT2D eigenvalue weighted by molar-refractivity contribution is 0.102. The van der Waals surface area contributed by atoms with Gasteiger partial charge in [0.05, 0.1) is 36.6 Å². The number of halogens is 2. The molecule has 0 saturated carbocycles. The number of methoxy groups -OCH3 is 1. The molecule has 4 aromatic rings. The zero-order valence-corrected chi connectivity index (χ0v) is 22.2. The molecule has 0 bridgehead atoms. The number of aliphatic hydroxyl groups is 1. The van der Waals surface area contributed by atoms with Crippen LogP contribution in [0, 0.1) is 18.3 Å². The van der Waals surface area contributed by atoms with Crippen molar-refractivity contribution in [2.24, 2.45) is 0 Å². The first-order valence-corrected chi connectivity index (χ1v) is 13.3. The van der Waals surface area contributed by atoms with Gasteiger partial charge in [0.25, 0.3) is 12.3 Å². The van der Waals surface area contributed by atoms with Gasteiger partial charge in [0, 0.05) is 28.3 Å². The predicted molar refractivity (Wildman–Crippen MR) is 141 cm³/mol. The Morgan fingerprint density at radius 3 is 2.79 bits per heavy atom. The predicted octanol–water partition coefficient (Wildman–Crippen LogP) is 5.12. The van der Waals surface area contributed by atoms with Gasteiger partial charge < -0.3 is 9.84 Å². The van der Waals surface area contributed by atoms with Crippen LogP contribution in [0.1, 0.15) is 51.0 Å². The molecule has 1 amide bonds. The summed E-state index contributed by atoms with van der Waals surface area (Å²) in [5.74, 6) is -0.327. The van der Waals surface area contributed by atoms with Crippen LogP contribution in [0.2, 0.25) is 0 Å². The van der Waals surface area contributed by atoms with Gasteiger partial charge in [-0.3, -0.25) is 20.1 Å². The molecule has 0 fully saturated rings. The molecular weight excluding hydrogens is 546 g/mol. The van der Waals surface area contributed by atoms with Crippen molar-refractivity contribution in [2.45, 2.75) is 35.5 Å². The largest absolute Gasteiger partial charge is 0.494 e. The summed E-state index contributed by atoms with van der Waals surface area (Å²) in [6, 6.07) is 10.2. The number of benzene rings is 1. The highest BCUT2D eigenvalue weighted by Crippen LogP contribution is 2.43. The van der Waals surface area contributed by atoms with Gasteiger partial charge in [0.15, 0.2) is 4.34 Å². The minimum Gasteiger partial charge on any atom is -0.494 e. The number of nitriles is 1. The van der Waals surface area contributed by atoms with Crippen molar-refractivity contribution < 1.29 is 23.4 Å². The molecule has 0 saturated heterocycles. The van der Waals surface area contributed by atoms with Crippen LogP contribution in [-0.2, 0) is 6.42 Å². The lowest BCUT2D eigenvalue weighted by Crippen LogP contribution is -2.14. The topological polar surface area (TPSA) is 134 Å². The standard InChI is InChI=1S/C26H20F2N6O3S2/c1-12-5-16(17-8-19(23(27)28)31-11-20(17)37-2)18(10-30-12)24(36)32-25-33-34-26(39-25)38-21-7-14-4-3-13(9-29)6-15(14)22(21)35/h3-6,8,10-11,21-23,35H,7H2,1-2H3,(H,32,33,36)/t21-,22+/m0/s1. The molecule has 9 nitrogen and oxygen atoms in total. The number of carbonyl (C=O) groups is 1. The molecule has 5 rings (SSSR count). The lowest BCUT2D eigenvalue weighted by Gasteiger charge is -2.14. The maximum atomic E-state index is 13.4. The van der Waals surface area contributed by atoms with E-state index >= 15 is 0 Å². The SMILES string of the molecule is COc1cnc(C(F)F)cc1-c1cc(C)ncc1C(=O)Nc1nnc(S[C@H]2Cc3ccc(C#N)cc3[C@H]2O)s1. The summed E-state index contributed by atoms with van der Waals surface area (Å²) < 4.78 is 32.6. The van der Waals surface area contributed by atoms with Crippen molar-refractivity contribution in [1.29, 1.82) is 5.26 Å². The molecule has 198 valence electrons. The normalized spacial score (nSPS) is 16.1. The summed E-state index contributed by atoms with van der Waals surface area (Å²) in [6.45, 7) is 1.72. The molecule has 39 heavy (non-hydrogen) atoms. The molecule has 1 aromatic carbocycles. The average molecular weight is 567 g/mol. The highest BCUT2D eigenvalue weighted by Gasteiger charge is 2.33. The van der Waals surface area contributed by atoms with E-state index in [0.717, 1.165) is 22.5 Å². The zero-order valence-electron chi connectivity index (χ0n) is 20.6. The summed E-state index contributed by atoms with van der Waals surface area (Å²) in [7, 11) is 1.39. The number of nitrogens with one attached hydrogen (secondary N) is 1. The Labute approximate surface area is 229 Å². The molecule has 0 unspecified atom stereocenters. The second kappa shape index (κ2) is 11.0. The van der Waals surface area contributed by atoms with E-state index in [9.17, 15) is 18.7 Å². The number of aliphatic hydroxyl groups excluding tert-OH is 1. The highest BCUT2D eigenvalue weighted by atomic mass is 32.2. The number of alkyl halides is 2. The van der Waals surface area contributed by atoms with Crippen LogP contribution in [-0.4, -0.2) is 43.5 Å². The third-order valence-corrected chi connectivity index (χ3v) is 8.34. The van der Waals surface area contributed by atoms with Gasteiger partial charge >= 0.3 is 0 Å². The first-order valence-electron chi connectivity index (χ1n) is 11.6. The fraction of sp³-hybridized carbons (Fsp3) is 0.231. The Morgan fingerprint density at radius 1 is 1.23 bits per heavy atom. The Balaban J connectivity index is 1.36. The third-order valence-electron chi connectivity index (χ3n) is 6.15. The summed E-state index contributed by atoms with van der Waals surface area (Å²) in [4.78, 5) is 21.2. The number of carbonyl (C=O) groups excluding carboxylic acids is 1. The molecular formula is C26H20F2N6O3S2. The van der Waals surface area contributed by atoms with Crippen LogP contribution in [0.4, 0.5) is 13.9 Å². The number of aryl methyl sites for hydroxylation is 1. The molecule has 1 aliphatic rings. The van der Waals surface area contributed by atoms with Gasteiger partial charge in [0.2, 0.25) is 5.13 Å². The number of pyridine rings is 2. The van der Waals surface area contributed by atoms with E-state index in [2.05, 4.69) is 31.6 Å². The van der Waals surface area contributed by atoms with Crippen LogP contribution in [0.3, 0.4) is 0 Å². The van der Waals surface area contributed by atoms with Crippen LogP contribution in [0.5, 0.6) is 5.75 Å². The first kappa shape index (κ1) is 26.6. The molecule has 13 heteroatoms. The summed E-state index contributed by atoms with van der Waals surface area (Å²) in [5.41, 5.74) is 3.07. The zero-order chi connectivity index (χ0) is 27.7. The maximum Gasteiger partial charge on any atom is 0.280 e. The third kappa shape index (κ3) is 5.44. The Kier molecular flexibility index (Phi) is 7.51. The van der Waals surface area contributed by atoms with Crippen molar-refractivity contribution in [3.05, 3.63) is 76.4 Å². The number of rotatable bonds is 7. The van der Waals surface area contributed by atoms with Gasteiger partial charge in [-0.1, -0.05) is 29.2 Å². The van der Waals surface area contributed by atoms with Crippen LogP contribution in [0.25, 0.3) is 11.1 Å². The Morgan fingerprint density at radius 2 is 2.05 bits per heavy atom. The van der Waals surface area contributed by atoms with E-state index in [0.29, 0.717) is 27.6 Å². The minimum atomic E-state index is -2.80. The molecule has 0 spiro atoms. The van der Waals surface area contributed by atoms with E-state index in [1.807, 2.05) is 6.07 Å². The molecule has 3 heterocycles. The van der Waals surface area contributed by atoms with E-state index in [1.54, 1.807) is 25.1 Å². The van der Waals surface area contributed by atoms with Gasteiger partial charge in [-0.15, -0.1) is 10.2 Å². The maximum absolute atomic E-state index is 13.4. The number of amides is 1. The van der Waals surface area contributed by atoms with Crippen LogP contribution >= 0.6 is 23.1 Å². The second-order valence-electron chi connectivity index (χ2n) is 8.64. The van der Waals surface area contributed by atoms with Crippen LogP contribution in [0.15, 0.2) is 47.1 Å². The number of thioether (sulfide) groups is 1. The summed E-state index contributed by atoms with van der Waals surface area (Å²) >= 11 is 2.48. The summed E-state index contributed by atoms with van der Waals surface area (Å²) in [5, 5.41) is 30.8. The molecule has 0 radical (unpaired) electrons. The smallest absolute Gasteiger partial charge is 0.280 e. The Hall–Kier alpha value is -3.99. The average Bonchev–Trinajstić information content (AvgIpc) is 3.50. The van der Waals surface area contributed by atoms with Gasteiger partial charge in [-0.2, -0.15) is 5.26 Å². The summed E-state index contributed by atoms with van der Waals surface area (Å²) in [6.07, 6.45) is -0.415.